The van der Waals surface area contributed by atoms with Gasteiger partial charge in [0.2, 0.25) is 0 Å². The number of rotatable bonds is 4. The third-order valence-electron chi connectivity index (χ3n) is 5.42. The minimum Gasteiger partial charge on any atom is -0.293 e. The van der Waals surface area contributed by atoms with Crippen LogP contribution in [0.4, 0.5) is 8.78 Å². The van der Waals surface area contributed by atoms with Crippen molar-refractivity contribution in [3.8, 4) is 16.9 Å². The Labute approximate surface area is 173 Å². The highest BCUT2D eigenvalue weighted by atomic mass is 35.5. The van der Waals surface area contributed by atoms with Crippen LogP contribution in [0.25, 0.3) is 16.9 Å². The van der Waals surface area contributed by atoms with Crippen molar-refractivity contribution < 1.29 is 8.78 Å². The molecule has 2 nitrogen and oxygen atoms in total. The average molecular weight is 421 g/mol. The molecular formula is C22H20Cl2F2N2. The molecule has 1 heterocycles. The molecule has 0 N–H and O–H groups in total. The van der Waals surface area contributed by atoms with E-state index in [2.05, 4.69) is 4.98 Å². The average Bonchev–Trinajstić information content (AvgIpc) is 3.10. The fraction of sp³-hybridized carbons (Fsp3) is 0.318. The molecule has 0 radical (unpaired) electrons. The molecule has 0 aliphatic heterocycles. The Kier molecular flexibility index (Phi) is 5.70. The summed E-state index contributed by atoms with van der Waals surface area (Å²) in [6.45, 7) is 0. The number of imidazole rings is 1. The predicted octanol–water partition coefficient (Wildman–Crippen LogP) is 7.25. The van der Waals surface area contributed by atoms with E-state index in [1.807, 2.05) is 0 Å². The molecule has 1 aliphatic carbocycles. The van der Waals surface area contributed by atoms with Crippen molar-refractivity contribution in [3.63, 3.8) is 0 Å². The maximum atomic E-state index is 14.9. The van der Waals surface area contributed by atoms with Crippen molar-refractivity contribution in [1.29, 1.82) is 0 Å². The zero-order valence-electron chi connectivity index (χ0n) is 15.3. The van der Waals surface area contributed by atoms with Gasteiger partial charge in [0, 0.05) is 12.0 Å². The zero-order chi connectivity index (χ0) is 19.7. The normalized spacial score (nSPS) is 15.1. The lowest BCUT2D eigenvalue weighted by Crippen LogP contribution is -2.14. The summed E-state index contributed by atoms with van der Waals surface area (Å²) in [4.78, 5) is 4.60. The monoisotopic (exact) mass is 420 g/mol. The summed E-state index contributed by atoms with van der Waals surface area (Å²) in [7, 11) is 0. The molecule has 0 spiro atoms. The summed E-state index contributed by atoms with van der Waals surface area (Å²) in [5.41, 5.74) is 1.67. The van der Waals surface area contributed by atoms with E-state index in [4.69, 9.17) is 23.2 Å². The molecule has 0 unspecified atom stereocenters. The van der Waals surface area contributed by atoms with E-state index < -0.39 is 11.6 Å². The summed E-state index contributed by atoms with van der Waals surface area (Å²) in [6.07, 6.45) is 8.48. The molecule has 28 heavy (non-hydrogen) atoms. The molecule has 0 saturated heterocycles. The minimum absolute atomic E-state index is 0.0191. The summed E-state index contributed by atoms with van der Waals surface area (Å²) < 4.78 is 30.3. The van der Waals surface area contributed by atoms with Crippen molar-refractivity contribution in [3.05, 3.63) is 70.1 Å². The lowest BCUT2D eigenvalue weighted by molar-refractivity contribution is 0.350. The van der Waals surface area contributed by atoms with Crippen LogP contribution < -0.4 is 0 Å². The Hall–Kier alpha value is -1.91. The van der Waals surface area contributed by atoms with Gasteiger partial charge in [-0.3, -0.25) is 4.57 Å². The van der Waals surface area contributed by atoms with E-state index in [1.54, 1.807) is 29.0 Å². The van der Waals surface area contributed by atoms with Gasteiger partial charge in [-0.05, 0) is 36.2 Å². The van der Waals surface area contributed by atoms with Crippen LogP contribution in [0, 0.1) is 17.6 Å². The molecule has 1 fully saturated rings. The summed E-state index contributed by atoms with van der Waals surface area (Å²) in [5, 5.41) is 0.0727. The number of hydrogen-bond acceptors (Lipinski definition) is 1. The number of benzene rings is 2. The Bertz CT molecular complexity index is 994. The third kappa shape index (κ3) is 3.81. The van der Waals surface area contributed by atoms with E-state index in [1.165, 1.54) is 37.5 Å². The molecular weight excluding hydrogens is 401 g/mol. The topological polar surface area (TPSA) is 17.8 Å². The minimum atomic E-state index is -0.499. The summed E-state index contributed by atoms with van der Waals surface area (Å²) in [6, 6.07) is 9.39. The van der Waals surface area contributed by atoms with Gasteiger partial charge in [0.05, 0.1) is 27.6 Å². The Morgan fingerprint density at radius 3 is 2.54 bits per heavy atom. The number of aromatic nitrogens is 2. The van der Waals surface area contributed by atoms with Crippen LogP contribution in [0.1, 0.15) is 37.9 Å². The summed E-state index contributed by atoms with van der Waals surface area (Å²) in [5.74, 6) is 0.319. The van der Waals surface area contributed by atoms with Gasteiger partial charge in [-0.15, -0.1) is 0 Å². The van der Waals surface area contributed by atoms with Gasteiger partial charge in [-0.1, -0.05) is 61.4 Å². The number of halogens is 4. The third-order valence-corrected chi connectivity index (χ3v) is 6.00. The molecule has 4 rings (SSSR count). The molecule has 2 aromatic carbocycles. The lowest BCUT2D eigenvalue weighted by atomic mass is 9.87. The first-order valence-corrected chi connectivity index (χ1v) is 10.3. The van der Waals surface area contributed by atoms with Gasteiger partial charge in [-0.25, -0.2) is 13.8 Å². The largest absolute Gasteiger partial charge is 0.293 e. The fourth-order valence-electron chi connectivity index (χ4n) is 3.98. The molecule has 0 bridgehead atoms. The van der Waals surface area contributed by atoms with Gasteiger partial charge >= 0.3 is 0 Å². The number of hydrogen-bond donors (Lipinski definition) is 0. The van der Waals surface area contributed by atoms with Crippen LogP contribution in [-0.2, 0) is 6.42 Å². The number of nitrogens with zero attached hydrogens (tertiary/aromatic N) is 2. The van der Waals surface area contributed by atoms with Crippen molar-refractivity contribution in [2.45, 2.75) is 38.5 Å². The van der Waals surface area contributed by atoms with E-state index in [9.17, 15) is 8.78 Å². The van der Waals surface area contributed by atoms with E-state index >= 15 is 0 Å². The van der Waals surface area contributed by atoms with Gasteiger partial charge in [0.1, 0.15) is 11.6 Å². The SMILES string of the molecule is Fc1ccc(-c2cnc(CC3CCCCC3)n2-c2cccc(Cl)c2F)cc1Cl. The van der Waals surface area contributed by atoms with Crippen LogP contribution in [0.2, 0.25) is 10.0 Å². The highest BCUT2D eigenvalue weighted by Gasteiger charge is 2.22. The van der Waals surface area contributed by atoms with Crippen LogP contribution in [-0.4, -0.2) is 9.55 Å². The van der Waals surface area contributed by atoms with Gasteiger partial charge < -0.3 is 0 Å². The summed E-state index contributed by atoms with van der Waals surface area (Å²) >= 11 is 12.0. The molecule has 0 amide bonds. The molecule has 1 saturated carbocycles. The van der Waals surface area contributed by atoms with Gasteiger partial charge in [-0.2, -0.15) is 0 Å². The highest BCUT2D eigenvalue weighted by molar-refractivity contribution is 6.31. The maximum Gasteiger partial charge on any atom is 0.165 e. The Morgan fingerprint density at radius 2 is 1.79 bits per heavy atom. The van der Waals surface area contributed by atoms with Gasteiger partial charge in [0.15, 0.2) is 5.82 Å². The lowest BCUT2D eigenvalue weighted by Gasteiger charge is -2.22. The predicted molar refractivity (Wildman–Crippen MR) is 109 cm³/mol. The smallest absolute Gasteiger partial charge is 0.165 e. The first-order chi connectivity index (χ1) is 13.5. The highest BCUT2D eigenvalue weighted by Crippen LogP contribution is 2.33. The van der Waals surface area contributed by atoms with E-state index in [-0.39, 0.29) is 10.0 Å². The van der Waals surface area contributed by atoms with E-state index in [0.717, 1.165) is 25.1 Å². The zero-order valence-corrected chi connectivity index (χ0v) is 16.8. The molecule has 0 atom stereocenters. The second-order valence-electron chi connectivity index (χ2n) is 7.31. The van der Waals surface area contributed by atoms with Gasteiger partial charge in [0.25, 0.3) is 0 Å². The Balaban J connectivity index is 1.84. The molecule has 1 aromatic heterocycles. The van der Waals surface area contributed by atoms with Crippen molar-refractivity contribution in [2.75, 3.05) is 0 Å². The standard InChI is InChI=1S/C22H20Cl2F2N2/c23-16-7-4-8-19(22(16)26)28-20(15-9-10-18(25)17(24)12-15)13-27-21(28)11-14-5-2-1-3-6-14/h4,7-10,12-14H,1-3,5-6,11H2. The van der Waals surface area contributed by atoms with Crippen LogP contribution >= 0.6 is 23.2 Å². The second-order valence-corrected chi connectivity index (χ2v) is 8.12. The Morgan fingerprint density at radius 1 is 1.00 bits per heavy atom. The van der Waals surface area contributed by atoms with Crippen LogP contribution in [0.15, 0.2) is 42.6 Å². The molecule has 3 aromatic rings. The molecule has 6 heteroatoms. The first-order valence-electron chi connectivity index (χ1n) is 9.51. The fourth-order valence-corrected chi connectivity index (χ4v) is 4.33. The molecule has 146 valence electrons. The van der Waals surface area contributed by atoms with Crippen molar-refractivity contribution in [1.82, 2.24) is 9.55 Å². The van der Waals surface area contributed by atoms with Crippen LogP contribution in [0.5, 0.6) is 0 Å². The second kappa shape index (κ2) is 8.22. The first kappa shape index (κ1) is 19.4. The van der Waals surface area contributed by atoms with Crippen molar-refractivity contribution in [2.24, 2.45) is 5.92 Å². The maximum absolute atomic E-state index is 14.9. The quantitative estimate of drug-likeness (QED) is 0.434. The molecule has 1 aliphatic rings. The van der Waals surface area contributed by atoms with E-state index in [0.29, 0.717) is 22.9 Å². The van der Waals surface area contributed by atoms with Crippen LogP contribution in [0.3, 0.4) is 0 Å². The van der Waals surface area contributed by atoms with Crippen molar-refractivity contribution >= 4 is 23.2 Å².